The molecule has 0 N–H and O–H groups in total. The number of fused-ring (bicyclic) bond motifs is 1. The van der Waals surface area contributed by atoms with Crippen LogP contribution in [0.2, 0.25) is 0 Å². The zero-order valence-electron chi connectivity index (χ0n) is 14.5. The molecule has 25 heavy (non-hydrogen) atoms. The van der Waals surface area contributed by atoms with Crippen LogP contribution in [-0.2, 0) is 17.6 Å². The lowest BCUT2D eigenvalue weighted by Gasteiger charge is -2.31. The Morgan fingerprint density at radius 3 is 3.04 bits per heavy atom. The van der Waals surface area contributed by atoms with Crippen LogP contribution in [0.4, 0.5) is 0 Å². The predicted molar refractivity (Wildman–Crippen MR) is 96.8 cm³/mol. The molecule has 1 aromatic carbocycles. The molecule has 1 unspecified atom stereocenters. The number of aryl methyl sites for hydroxylation is 3. The van der Waals surface area contributed by atoms with Crippen LogP contribution in [0.5, 0.6) is 0 Å². The molecular formula is C19H23N3O2S. The molecule has 4 rings (SSSR count). The molecule has 132 valence electrons. The van der Waals surface area contributed by atoms with Crippen molar-refractivity contribution in [2.24, 2.45) is 0 Å². The van der Waals surface area contributed by atoms with Crippen LogP contribution in [0.1, 0.15) is 48.0 Å². The molecule has 0 saturated carbocycles. The van der Waals surface area contributed by atoms with Gasteiger partial charge in [0.1, 0.15) is 0 Å². The van der Waals surface area contributed by atoms with E-state index in [9.17, 15) is 4.79 Å². The van der Waals surface area contributed by atoms with Crippen LogP contribution in [0, 0.1) is 6.92 Å². The van der Waals surface area contributed by atoms with Gasteiger partial charge in [0.25, 0.3) is 0 Å². The Labute approximate surface area is 152 Å². The first-order valence-corrected chi connectivity index (χ1v) is 10.00. The van der Waals surface area contributed by atoms with Gasteiger partial charge in [-0.15, -0.1) is 11.8 Å². The second-order valence-electron chi connectivity index (χ2n) is 6.93. The highest BCUT2D eigenvalue weighted by molar-refractivity contribution is 8.00. The summed E-state index contributed by atoms with van der Waals surface area (Å²) in [6.45, 7) is 3.34. The summed E-state index contributed by atoms with van der Waals surface area (Å²) in [7, 11) is 0. The topological polar surface area (TPSA) is 59.2 Å². The fourth-order valence-corrected chi connectivity index (χ4v) is 4.62. The Morgan fingerprint density at radius 1 is 1.32 bits per heavy atom. The Bertz CT molecular complexity index is 774. The van der Waals surface area contributed by atoms with Gasteiger partial charge in [-0.1, -0.05) is 11.2 Å². The van der Waals surface area contributed by atoms with Gasteiger partial charge < -0.3 is 9.42 Å². The first kappa shape index (κ1) is 16.6. The second kappa shape index (κ2) is 7.20. The van der Waals surface area contributed by atoms with Crippen molar-refractivity contribution in [2.75, 3.05) is 18.8 Å². The van der Waals surface area contributed by atoms with Crippen molar-refractivity contribution in [1.82, 2.24) is 15.0 Å². The van der Waals surface area contributed by atoms with Gasteiger partial charge in [-0.3, -0.25) is 4.79 Å². The third kappa shape index (κ3) is 3.73. The highest BCUT2D eigenvalue weighted by Gasteiger charge is 2.28. The third-order valence-electron chi connectivity index (χ3n) is 5.10. The van der Waals surface area contributed by atoms with Crippen LogP contribution in [-0.4, -0.2) is 39.8 Å². The van der Waals surface area contributed by atoms with E-state index in [0.717, 1.165) is 19.4 Å². The number of amides is 1. The predicted octanol–water partition coefficient (Wildman–Crippen LogP) is 3.37. The Balaban J connectivity index is 1.34. The molecule has 2 aliphatic rings. The number of likely N-dealkylation sites (tertiary alicyclic amines) is 1. The van der Waals surface area contributed by atoms with E-state index in [1.165, 1.54) is 35.3 Å². The van der Waals surface area contributed by atoms with Crippen LogP contribution < -0.4 is 0 Å². The summed E-state index contributed by atoms with van der Waals surface area (Å²) in [5.74, 6) is 2.19. The van der Waals surface area contributed by atoms with E-state index >= 15 is 0 Å². The van der Waals surface area contributed by atoms with Crippen molar-refractivity contribution >= 4 is 17.7 Å². The minimum Gasteiger partial charge on any atom is -0.341 e. The van der Waals surface area contributed by atoms with E-state index in [1.807, 2.05) is 11.8 Å². The summed E-state index contributed by atoms with van der Waals surface area (Å²) in [6.07, 6.45) is 5.62. The molecule has 2 heterocycles. The highest BCUT2D eigenvalue weighted by Crippen LogP contribution is 2.29. The average Bonchev–Trinajstić information content (AvgIpc) is 3.28. The van der Waals surface area contributed by atoms with Gasteiger partial charge in [0.15, 0.2) is 5.82 Å². The standard InChI is InChI=1S/C19H23N3O2S/c1-13-20-19(24-21-13)16-6-3-9-22(11-16)18(23)12-25-17-8-7-14-4-2-5-15(14)10-17/h7-8,10,16H,2-6,9,11-12H2,1H3. The average molecular weight is 357 g/mol. The summed E-state index contributed by atoms with van der Waals surface area (Å²) >= 11 is 1.65. The van der Waals surface area contributed by atoms with E-state index in [1.54, 1.807) is 11.8 Å². The SMILES string of the molecule is Cc1noc(C2CCCN(C(=O)CSc3ccc4c(c3)CCC4)C2)n1. The molecule has 1 aromatic heterocycles. The monoisotopic (exact) mass is 357 g/mol. The van der Waals surface area contributed by atoms with E-state index in [2.05, 4.69) is 28.3 Å². The van der Waals surface area contributed by atoms with E-state index in [0.29, 0.717) is 24.0 Å². The largest absolute Gasteiger partial charge is 0.341 e. The first-order valence-electron chi connectivity index (χ1n) is 9.01. The number of hydrogen-bond donors (Lipinski definition) is 0. The smallest absolute Gasteiger partial charge is 0.232 e. The van der Waals surface area contributed by atoms with Crippen LogP contribution in [0.15, 0.2) is 27.6 Å². The Morgan fingerprint density at radius 2 is 2.20 bits per heavy atom. The molecule has 6 heteroatoms. The Kier molecular flexibility index (Phi) is 4.79. The number of hydrogen-bond acceptors (Lipinski definition) is 5. The molecule has 1 aliphatic heterocycles. The zero-order valence-corrected chi connectivity index (χ0v) is 15.3. The van der Waals surface area contributed by atoms with Gasteiger partial charge >= 0.3 is 0 Å². The normalized spacial score (nSPS) is 19.9. The molecule has 0 bridgehead atoms. The quantitative estimate of drug-likeness (QED) is 0.785. The number of aromatic nitrogens is 2. The van der Waals surface area contributed by atoms with Crippen LogP contribution in [0.3, 0.4) is 0 Å². The minimum atomic E-state index is 0.170. The number of nitrogens with zero attached hydrogens (tertiary/aromatic N) is 3. The third-order valence-corrected chi connectivity index (χ3v) is 6.08. The number of carbonyl (C=O) groups excluding carboxylic acids is 1. The fraction of sp³-hybridized carbons (Fsp3) is 0.526. The zero-order chi connectivity index (χ0) is 17.2. The second-order valence-corrected chi connectivity index (χ2v) is 7.98. The maximum Gasteiger partial charge on any atom is 0.232 e. The number of thioether (sulfide) groups is 1. The van der Waals surface area contributed by atoms with Crippen molar-refractivity contribution in [1.29, 1.82) is 0 Å². The summed E-state index contributed by atoms with van der Waals surface area (Å²) in [5.41, 5.74) is 2.94. The highest BCUT2D eigenvalue weighted by atomic mass is 32.2. The lowest BCUT2D eigenvalue weighted by Crippen LogP contribution is -2.40. The van der Waals surface area contributed by atoms with Gasteiger partial charge in [0.05, 0.1) is 11.7 Å². The van der Waals surface area contributed by atoms with Crippen LogP contribution in [0.25, 0.3) is 0 Å². The van der Waals surface area contributed by atoms with Crippen molar-refractivity contribution in [3.8, 4) is 0 Å². The molecule has 1 atom stereocenters. The van der Waals surface area contributed by atoms with E-state index in [4.69, 9.17) is 4.52 Å². The van der Waals surface area contributed by atoms with Gasteiger partial charge in [-0.05, 0) is 62.3 Å². The summed E-state index contributed by atoms with van der Waals surface area (Å²) in [4.78, 5) is 20.1. The summed E-state index contributed by atoms with van der Waals surface area (Å²) in [5, 5.41) is 3.87. The first-order chi connectivity index (χ1) is 12.2. The van der Waals surface area contributed by atoms with Crippen molar-refractivity contribution in [2.45, 2.75) is 49.8 Å². The van der Waals surface area contributed by atoms with Crippen molar-refractivity contribution < 1.29 is 9.32 Å². The molecule has 1 fully saturated rings. The molecule has 1 aliphatic carbocycles. The molecule has 5 nitrogen and oxygen atoms in total. The number of benzene rings is 1. The molecule has 1 saturated heterocycles. The summed E-state index contributed by atoms with van der Waals surface area (Å²) in [6, 6.07) is 6.65. The maximum absolute atomic E-state index is 12.6. The molecule has 1 amide bonds. The molecule has 0 spiro atoms. The minimum absolute atomic E-state index is 0.170. The fourth-order valence-electron chi connectivity index (χ4n) is 3.76. The lowest BCUT2D eigenvalue weighted by atomic mass is 9.98. The Hall–Kier alpha value is -1.82. The molecular weight excluding hydrogens is 334 g/mol. The number of piperidine rings is 1. The molecule has 2 aromatic rings. The lowest BCUT2D eigenvalue weighted by molar-refractivity contribution is -0.129. The van der Waals surface area contributed by atoms with E-state index in [-0.39, 0.29) is 11.8 Å². The summed E-state index contributed by atoms with van der Waals surface area (Å²) < 4.78 is 5.30. The van der Waals surface area contributed by atoms with Crippen molar-refractivity contribution in [3.63, 3.8) is 0 Å². The number of carbonyl (C=O) groups is 1. The van der Waals surface area contributed by atoms with E-state index < -0.39 is 0 Å². The maximum atomic E-state index is 12.6. The van der Waals surface area contributed by atoms with Gasteiger partial charge in [-0.25, -0.2) is 0 Å². The molecule has 0 radical (unpaired) electrons. The van der Waals surface area contributed by atoms with Crippen LogP contribution >= 0.6 is 11.8 Å². The van der Waals surface area contributed by atoms with Gasteiger partial charge in [0, 0.05) is 18.0 Å². The van der Waals surface area contributed by atoms with Crippen molar-refractivity contribution in [3.05, 3.63) is 41.0 Å². The van der Waals surface area contributed by atoms with Gasteiger partial charge in [-0.2, -0.15) is 4.98 Å². The van der Waals surface area contributed by atoms with Gasteiger partial charge in [0.2, 0.25) is 11.8 Å². The number of rotatable bonds is 4.